The number of benzene rings is 1. The Hall–Kier alpha value is -2.95. The first-order valence-electron chi connectivity index (χ1n) is 14.0. The second-order valence-corrected chi connectivity index (χ2v) is 10.1. The lowest BCUT2D eigenvalue weighted by atomic mass is 10.1. The Morgan fingerprint density at radius 2 is 1.73 bits per heavy atom. The smallest absolute Gasteiger partial charge is 0.297 e. The molecule has 37 heavy (non-hydrogen) atoms. The maximum atomic E-state index is 13.8. The number of rotatable bonds is 16. The fourth-order valence-electron chi connectivity index (χ4n) is 4.34. The van der Waals surface area contributed by atoms with Crippen LogP contribution in [0.15, 0.2) is 58.1 Å². The second-order valence-electron chi connectivity index (χ2n) is 10.1. The highest BCUT2D eigenvalue weighted by Gasteiger charge is 2.21. The van der Waals surface area contributed by atoms with E-state index in [0.29, 0.717) is 24.6 Å². The third-order valence-electron chi connectivity index (χ3n) is 6.59. The summed E-state index contributed by atoms with van der Waals surface area (Å²) in [6, 6.07) is 5.67. The summed E-state index contributed by atoms with van der Waals surface area (Å²) in [4.78, 5) is 13.8. The van der Waals surface area contributed by atoms with Crippen LogP contribution in [-0.4, -0.2) is 11.2 Å². The summed E-state index contributed by atoms with van der Waals surface area (Å²) in [5, 5.41) is 0.840. The van der Waals surface area contributed by atoms with Crippen molar-refractivity contribution in [1.29, 1.82) is 0 Å². The van der Waals surface area contributed by atoms with Crippen molar-refractivity contribution >= 4 is 16.6 Å². The minimum absolute atomic E-state index is 0.163. The van der Waals surface area contributed by atoms with Crippen molar-refractivity contribution < 1.29 is 9.47 Å². The number of nitrogens with zero attached hydrogens (tertiary/aromatic N) is 1. The van der Waals surface area contributed by atoms with Gasteiger partial charge in [0.1, 0.15) is 6.61 Å². The van der Waals surface area contributed by atoms with Gasteiger partial charge in [0.25, 0.3) is 5.56 Å². The van der Waals surface area contributed by atoms with Gasteiger partial charge in [0, 0.05) is 24.0 Å². The zero-order chi connectivity index (χ0) is 27.2. The molecular formula is C32H48N2O3. The predicted octanol–water partition coefficient (Wildman–Crippen LogP) is 8.71. The van der Waals surface area contributed by atoms with E-state index in [2.05, 4.69) is 39.8 Å². The van der Waals surface area contributed by atoms with Crippen LogP contribution in [0.3, 0.4) is 0 Å². The topological polar surface area (TPSA) is 66.5 Å². The van der Waals surface area contributed by atoms with Crippen LogP contribution in [0.2, 0.25) is 0 Å². The van der Waals surface area contributed by atoms with E-state index in [1.807, 2.05) is 42.7 Å². The van der Waals surface area contributed by atoms with Crippen LogP contribution in [0.4, 0.5) is 5.69 Å². The minimum atomic E-state index is -0.163. The van der Waals surface area contributed by atoms with Crippen LogP contribution in [-0.2, 0) is 6.54 Å². The van der Waals surface area contributed by atoms with E-state index >= 15 is 0 Å². The molecule has 2 aromatic rings. The number of unbranched alkanes of at least 4 members (excludes halogenated alkanes) is 5. The van der Waals surface area contributed by atoms with Crippen LogP contribution in [0, 0.1) is 0 Å². The van der Waals surface area contributed by atoms with E-state index in [1.165, 1.54) is 36.8 Å². The Labute approximate surface area is 224 Å². The summed E-state index contributed by atoms with van der Waals surface area (Å²) >= 11 is 0. The Bertz CT molecular complexity index is 1150. The zero-order valence-corrected chi connectivity index (χ0v) is 24.0. The summed E-state index contributed by atoms with van der Waals surface area (Å²) < 4.78 is 14.3. The average molecular weight is 509 g/mol. The average Bonchev–Trinajstić information content (AvgIpc) is 2.87. The first-order valence-corrected chi connectivity index (χ1v) is 14.0. The lowest BCUT2D eigenvalue weighted by Gasteiger charge is -2.19. The number of aromatic nitrogens is 1. The van der Waals surface area contributed by atoms with Crippen LogP contribution in [0.5, 0.6) is 11.5 Å². The third-order valence-corrected chi connectivity index (χ3v) is 6.59. The molecule has 1 aromatic carbocycles. The number of hydrogen-bond acceptors (Lipinski definition) is 4. The molecule has 0 aliphatic carbocycles. The molecule has 2 N–H and O–H groups in total. The molecule has 1 aromatic heterocycles. The molecule has 0 aliphatic rings. The Kier molecular flexibility index (Phi) is 13.1. The van der Waals surface area contributed by atoms with Gasteiger partial charge in [-0.3, -0.25) is 4.79 Å². The first kappa shape index (κ1) is 30.3. The van der Waals surface area contributed by atoms with Crippen molar-refractivity contribution in [2.24, 2.45) is 0 Å². The number of fused-ring (bicyclic) bond motifs is 1. The standard InChI is InChI=1S/C32H48N2O3/c1-7-10-11-12-13-14-21-34-29-23-26(33)18-19-28(29)30(37-27(8-2)9-3)31(32(34)35)36-22-20-25(6)17-15-16-24(4)5/h8,16,18-20,23H,7,9-15,17,21-22,33H2,1-6H3/b25-20+,27-8?. The molecule has 0 aliphatic heterocycles. The van der Waals surface area contributed by atoms with Gasteiger partial charge in [-0.1, -0.05) is 63.2 Å². The van der Waals surface area contributed by atoms with Crippen molar-refractivity contribution in [1.82, 2.24) is 4.57 Å². The summed E-state index contributed by atoms with van der Waals surface area (Å²) in [6.07, 6.45) is 15.9. The number of nitrogen functional groups attached to an aromatic ring is 1. The number of hydrogen-bond donors (Lipinski definition) is 1. The highest BCUT2D eigenvalue weighted by Crippen LogP contribution is 2.36. The molecule has 0 unspecified atom stereocenters. The van der Waals surface area contributed by atoms with E-state index in [4.69, 9.17) is 15.2 Å². The lowest BCUT2D eigenvalue weighted by Crippen LogP contribution is -2.24. The van der Waals surface area contributed by atoms with Gasteiger partial charge in [0.15, 0.2) is 5.75 Å². The molecule has 5 nitrogen and oxygen atoms in total. The van der Waals surface area contributed by atoms with E-state index in [0.717, 1.165) is 48.8 Å². The van der Waals surface area contributed by atoms with E-state index in [9.17, 15) is 4.79 Å². The van der Waals surface area contributed by atoms with E-state index in [1.54, 1.807) is 0 Å². The molecule has 0 amide bonds. The van der Waals surface area contributed by atoms with Gasteiger partial charge < -0.3 is 19.8 Å². The molecule has 0 bridgehead atoms. The molecule has 204 valence electrons. The third kappa shape index (κ3) is 9.46. The fourth-order valence-corrected chi connectivity index (χ4v) is 4.34. The summed E-state index contributed by atoms with van der Waals surface area (Å²) in [5.41, 5.74) is 9.97. The van der Waals surface area contributed by atoms with Gasteiger partial charge in [0.2, 0.25) is 5.75 Å². The van der Waals surface area contributed by atoms with E-state index in [-0.39, 0.29) is 11.3 Å². The second kappa shape index (κ2) is 16.0. The SMILES string of the molecule is CC=C(CC)Oc1c(OC/C=C(\C)CCC=C(C)C)c(=O)n(CCCCCCCC)c2cc(N)ccc12. The molecule has 1 heterocycles. The normalized spacial score (nSPS) is 12.2. The zero-order valence-electron chi connectivity index (χ0n) is 24.0. The predicted molar refractivity (Wildman–Crippen MR) is 159 cm³/mol. The number of allylic oxidation sites excluding steroid dienone is 5. The quantitative estimate of drug-likeness (QED) is 0.107. The number of aryl methyl sites for hydroxylation is 1. The Morgan fingerprint density at radius 1 is 1.00 bits per heavy atom. The van der Waals surface area contributed by atoms with Crippen molar-refractivity contribution in [3.8, 4) is 11.5 Å². The molecule has 0 atom stereocenters. The minimum Gasteiger partial charge on any atom is -0.481 e. The van der Waals surface area contributed by atoms with Crippen LogP contribution >= 0.6 is 0 Å². The maximum Gasteiger partial charge on any atom is 0.297 e. The van der Waals surface area contributed by atoms with Gasteiger partial charge in [0.05, 0.1) is 11.3 Å². The van der Waals surface area contributed by atoms with Gasteiger partial charge in [-0.25, -0.2) is 0 Å². The van der Waals surface area contributed by atoms with Gasteiger partial charge in [-0.2, -0.15) is 0 Å². The highest BCUT2D eigenvalue weighted by molar-refractivity contribution is 5.90. The molecule has 0 saturated carbocycles. The van der Waals surface area contributed by atoms with Crippen molar-refractivity contribution in [3.63, 3.8) is 0 Å². The molecule has 2 rings (SSSR count). The van der Waals surface area contributed by atoms with E-state index < -0.39 is 0 Å². The summed E-state index contributed by atoms with van der Waals surface area (Å²) in [7, 11) is 0. The largest absolute Gasteiger partial charge is 0.481 e. The first-order chi connectivity index (χ1) is 17.8. The lowest BCUT2D eigenvalue weighted by molar-refractivity contribution is 0.320. The number of ether oxygens (including phenoxy) is 2. The Balaban J connectivity index is 2.44. The van der Waals surface area contributed by atoms with Crippen molar-refractivity contribution in [2.45, 2.75) is 106 Å². The number of anilines is 1. The van der Waals surface area contributed by atoms with Crippen molar-refractivity contribution in [3.05, 3.63) is 63.7 Å². The molecule has 0 saturated heterocycles. The maximum absolute atomic E-state index is 13.8. The summed E-state index contributed by atoms with van der Waals surface area (Å²) in [5.74, 6) is 1.54. The molecule has 5 heteroatoms. The molecule has 0 spiro atoms. The monoisotopic (exact) mass is 508 g/mol. The van der Waals surface area contributed by atoms with Crippen LogP contribution < -0.4 is 20.8 Å². The molecule has 0 radical (unpaired) electrons. The molecule has 0 fully saturated rings. The highest BCUT2D eigenvalue weighted by atomic mass is 16.5. The Morgan fingerprint density at radius 3 is 2.41 bits per heavy atom. The van der Waals surface area contributed by atoms with Crippen LogP contribution in [0.1, 0.15) is 99.3 Å². The summed E-state index contributed by atoms with van der Waals surface area (Å²) in [6.45, 7) is 13.5. The number of pyridine rings is 1. The van der Waals surface area contributed by atoms with Crippen LogP contribution in [0.25, 0.3) is 10.9 Å². The van der Waals surface area contributed by atoms with Gasteiger partial charge in [-0.15, -0.1) is 0 Å². The molecular weight excluding hydrogens is 460 g/mol. The van der Waals surface area contributed by atoms with Gasteiger partial charge >= 0.3 is 0 Å². The number of nitrogens with two attached hydrogens (primary N) is 1. The fraction of sp³-hybridized carbons (Fsp3) is 0.531. The van der Waals surface area contributed by atoms with Crippen molar-refractivity contribution in [2.75, 3.05) is 12.3 Å². The van der Waals surface area contributed by atoms with Gasteiger partial charge in [-0.05, 0) is 77.3 Å².